The fourth-order valence-electron chi connectivity index (χ4n) is 1.64. The van der Waals surface area contributed by atoms with Crippen molar-refractivity contribution < 1.29 is 18.0 Å². The van der Waals surface area contributed by atoms with E-state index in [1.54, 1.807) is 0 Å². The van der Waals surface area contributed by atoms with Crippen LogP contribution in [0.25, 0.3) is 0 Å². The van der Waals surface area contributed by atoms with Crippen LogP contribution in [0.2, 0.25) is 18.1 Å². The van der Waals surface area contributed by atoms with Gasteiger partial charge in [-0.15, -0.1) is 0 Å². The molecule has 0 spiro atoms. The van der Waals surface area contributed by atoms with Gasteiger partial charge in [-0.3, -0.25) is 4.79 Å². The number of carbonyl (C=O) groups excluding carboxylic acids is 1. The Kier molecular flexibility index (Phi) is 5.81. The molecular formula is C16H24F2O2Si. The van der Waals surface area contributed by atoms with Crippen molar-refractivity contribution in [1.82, 2.24) is 0 Å². The molecule has 118 valence electrons. The summed E-state index contributed by atoms with van der Waals surface area (Å²) in [7, 11) is -1.81. The van der Waals surface area contributed by atoms with Crippen LogP contribution in [0.4, 0.5) is 8.78 Å². The third-order valence-electron chi connectivity index (χ3n) is 4.00. The van der Waals surface area contributed by atoms with Crippen LogP contribution in [0, 0.1) is 11.6 Å². The van der Waals surface area contributed by atoms with Crippen LogP contribution in [0.1, 0.15) is 44.0 Å². The first-order valence-corrected chi connectivity index (χ1v) is 10.1. The maximum atomic E-state index is 13.1. The maximum absolute atomic E-state index is 13.1. The van der Waals surface area contributed by atoms with E-state index in [-0.39, 0.29) is 22.8 Å². The molecule has 0 atom stereocenters. The fourth-order valence-corrected chi connectivity index (χ4v) is 2.72. The fraction of sp³-hybridized carbons (Fsp3) is 0.562. The SMILES string of the molecule is CC(C)(C)[Si](C)(C)OCCCC(=O)c1cc(F)cc(F)c1. The van der Waals surface area contributed by atoms with Gasteiger partial charge in [-0.05, 0) is 36.7 Å². The van der Waals surface area contributed by atoms with E-state index in [2.05, 4.69) is 33.9 Å². The van der Waals surface area contributed by atoms with Crippen molar-refractivity contribution in [1.29, 1.82) is 0 Å². The van der Waals surface area contributed by atoms with Crippen LogP contribution in [-0.2, 0) is 4.43 Å². The molecule has 0 aliphatic heterocycles. The number of halogens is 2. The number of carbonyl (C=O) groups is 1. The average Bonchev–Trinajstić information content (AvgIpc) is 2.31. The molecule has 0 aliphatic carbocycles. The molecular weight excluding hydrogens is 290 g/mol. The lowest BCUT2D eigenvalue weighted by molar-refractivity contribution is 0.0971. The Morgan fingerprint density at radius 2 is 1.67 bits per heavy atom. The van der Waals surface area contributed by atoms with Gasteiger partial charge in [0.1, 0.15) is 11.6 Å². The largest absolute Gasteiger partial charge is 0.417 e. The van der Waals surface area contributed by atoms with E-state index in [4.69, 9.17) is 4.43 Å². The summed E-state index contributed by atoms with van der Waals surface area (Å²) >= 11 is 0. The summed E-state index contributed by atoms with van der Waals surface area (Å²) in [5, 5.41) is 0.128. The van der Waals surface area contributed by atoms with E-state index in [1.165, 1.54) is 0 Å². The van der Waals surface area contributed by atoms with E-state index in [1.807, 2.05) is 0 Å². The summed E-state index contributed by atoms with van der Waals surface area (Å²) in [6.07, 6.45) is 0.793. The lowest BCUT2D eigenvalue weighted by Gasteiger charge is -2.36. The number of benzene rings is 1. The second kappa shape index (κ2) is 6.79. The highest BCUT2D eigenvalue weighted by Gasteiger charge is 2.36. The smallest absolute Gasteiger partial charge is 0.191 e. The molecule has 0 saturated heterocycles. The third kappa shape index (κ3) is 5.32. The molecule has 1 aromatic rings. The van der Waals surface area contributed by atoms with Gasteiger partial charge in [0.05, 0.1) is 0 Å². The van der Waals surface area contributed by atoms with Crippen LogP contribution in [0.5, 0.6) is 0 Å². The number of ketones is 1. The van der Waals surface area contributed by atoms with Gasteiger partial charge in [0.15, 0.2) is 14.1 Å². The zero-order valence-corrected chi connectivity index (χ0v) is 14.4. The summed E-state index contributed by atoms with van der Waals surface area (Å²) in [5.41, 5.74) is 0.0832. The van der Waals surface area contributed by atoms with E-state index < -0.39 is 20.0 Å². The molecule has 0 unspecified atom stereocenters. The Labute approximate surface area is 126 Å². The van der Waals surface area contributed by atoms with Crippen molar-refractivity contribution in [2.45, 2.75) is 51.7 Å². The minimum absolute atomic E-state index is 0.0832. The van der Waals surface area contributed by atoms with E-state index in [0.717, 1.165) is 18.2 Å². The molecule has 1 rings (SSSR count). The first kappa shape index (κ1) is 18.0. The summed E-state index contributed by atoms with van der Waals surface area (Å²) in [4.78, 5) is 11.9. The molecule has 21 heavy (non-hydrogen) atoms. The molecule has 0 N–H and O–H groups in total. The summed E-state index contributed by atoms with van der Waals surface area (Å²) in [6, 6.07) is 2.90. The standard InChI is InChI=1S/C16H24F2O2Si/c1-16(2,3)21(4,5)20-8-6-7-15(19)12-9-13(17)11-14(18)10-12/h9-11H,6-8H2,1-5H3. The Balaban J connectivity index is 2.48. The van der Waals surface area contributed by atoms with Gasteiger partial charge in [0.25, 0.3) is 0 Å². The molecule has 0 aromatic heterocycles. The molecule has 2 nitrogen and oxygen atoms in total. The maximum Gasteiger partial charge on any atom is 0.191 e. The number of Topliss-reactive ketones (excluding diaryl/α,β-unsaturated/α-hetero) is 1. The molecule has 0 aliphatic rings. The van der Waals surface area contributed by atoms with Crippen LogP contribution < -0.4 is 0 Å². The van der Waals surface area contributed by atoms with Crippen LogP contribution in [-0.4, -0.2) is 20.7 Å². The predicted molar refractivity (Wildman–Crippen MR) is 83.1 cm³/mol. The highest BCUT2D eigenvalue weighted by atomic mass is 28.4. The zero-order valence-electron chi connectivity index (χ0n) is 13.4. The number of rotatable bonds is 6. The van der Waals surface area contributed by atoms with Gasteiger partial charge in [0.2, 0.25) is 0 Å². The normalized spacial score (nSPS) is 12.5. The first-order chi connectivity index (χ1) is 9.53. The Morgan fingerprint density at radius 3 is 2.14 bits per heavy atom. The highest BCUT2D eigenvalue weighted by Crippen LogP contribution is 2.36. The average molecular weight is 314 g/mol. The zero-order chi connectivity index (χ0) is 16.3. The molecule has 0 fully saturated rings. The van der Waals surface area contributed by atoms with Crippen LogP contribution in [0.15, 0.2) is 18.2 Å². The van der Waals surface area contributed by atoms with Crippen molar-refractivity contribution in [3.63, 3.8) is 0 Å². The minimum Gasteiger partial charge on any atom is -0.417 e. The van der Waals surface area contributed by atoms with Gasteiger partial charge in [-0.2, -0.15) is 0 Å². The molecule has 0 heterocycles. The summed E-state index contributed by atoms with van der Waals surface area (Å²) in [6.45, 7) is 11.3. The van der Waals surface area contributed by atoms with Gasteiger partial charge in [-0.1, -0.05) is 20.8 Å². The van der Waals surface area contributed by atoms with Crippen molar-refractivity contribution in [3.05, 3.63) is 35.4 Å². The van der Waals surface area contributed by atoms with Crippen molar-refractivity contribution in [3.8, 4) is 0 Å². The van der Waals surface area contributed by atoms with Gasteiger partial charge >= 0.3 is 0 Å². The van der Waals surface area contributed by atoms with E-state index in [9.17, 15) is 13.6 Å². The van der Waals surface area contributed by atoms with Crippen LogP contribution >= 0.6 is 0 Å². The van der Waals surface area contributed by atoms with Crippen molar-refractivity contribution >= 4 is 14.1 Å². The third-order valence-corrected chi connectivity index (χ3v) is 8.54. The first-order valence-electron chi connectivity index (χ1n) is 7.16. The molecule has 0 saturated carbocycles. The summed E-state index contributed by atoms with van der Waals surface area (Å²) in [5.74, 6) is -1.71. The van der Waals surface area contributed by atoms with Gasteiger partial charge < -0.3 is 4.43 Å². The molecule has 5 heteroatoms. The minimum atomic E-state index is -1.81. The quantitative estimate of drug-likeness (QED) is 0.422. The number of hydrogen-bond acceptors (Lipinski definition) is 2. The Morgan fingerprint density at radius 1 is 1.14 bits per heavy atom. The Bertz CT molecular complexity index is 487. The lowest BCUT2D eigenvalue weighted by Crippen LogP contribution is -2.41. The van der Waals surface area contributed by atoms with E-state index >= 15 is 0 Å². The van der Waals surface area contributed by atoms with Crippen LogP contribution in [0.3, 0.4) is 0 Å². The van der Waals surface area contributed by atoms with Crippen molar-refractivity contribution in [2.24, 2.45) is 0 Å². The predicted octanol–water partition coefficient (Wildman–Crippen LogP) is 4.95. The van der Waals surface area contributed by atoms with Gasteiger partial charge in [-0.25, -0.2) is 8.78 Å². The molecule has 0 bridgehead atoms. The molecule has 0 amide bonds. The van der Waals surface area contributed by atoms with Gasteiger partial charge in [0, 0.05) is 24.7 Å². The number of hydrogen-bond donors (Lipinski definition) is 0. The second-order valence-electron chi connectivity index (χ2n) is 6.79. The lowest BCUT2D eigenvalue weighted by atomic mass is 10.1. The van der Waals surface area contributed by atoms with Crippen molar-refractivity contribution in [2.75, 3.05) is 6.61 Å². The van der Waals surface area contributed by atoms with E-state index in [0.29, 0.717) is 13.0 Å². The Hall–Kier alpha value is -1.07. The topological polar surface area (TPSA) is 26.3 Å². The molecule has 1 aromatic carbocycles. The monoisotopic (exact) mass is 314 g/mol. The summed E-state index contributed by atoms with van der Waals surface area (Å²) < 4.78 is 32.1. The second-order valence-corrected chi connectivity index (χ2v) is 11.6. The highest BCUT2D eigenvalue weighted by molar-refractivity contribution is 6.74. The molecule has 0 radical (unpaired) electrons.